The van der Waals surface area contributed by atoms with Gasteiger partial charge in [0.1, 0.15) is 23.9 Å². The van der Waals surface area contributed by atoms with Crippen molar-refractivity contribution in [2.75, 3.05) is 11.9 Å². The third kappa shape index (κ3) is 2.39. The smallest absolute Gasteiger partial charge is 0.351 e. The molecule has 1 saturated heterocycles. The highest BCUT2D eigenvalue weighted by molar-refractivity contribution is 5.68. The van der Waals surface area contributed by atoms with Crippen LogP contribution in [0.3, 0.4) is 0 Å². The van der Waals surface area contributed by atoms with E-state index in [1.165, 1.54) is 12.3 Å². The summed E-state index contributed by atoms with van der Waals surface area (Å²) in [5.41, 5.74) is -0.743. The Hall–Kier alpha value is -2.28. The fourth-order valence-electron chi connectivity index (χ4n) is 2.02. The van der Waals surface area contributed by atoms with Crippen LogP contribution in [-0.4, -0.2) is 45.0 Å². The van der Waals surface area contributed by atoms with Gasteiger partial charge in [-0.2, -0.15) is 10.2 Å². The minimum absolute atomic E-state index is 0.0620. The van der Waals surface area contributed by atoms with Crippen LogP contribution in [0.1, 0.15) is 6.23 Å². The molecular weight excluding hydrogens is 268 g/mol. The number of carbonyl (C=O) groups is 1. The Morgan fingerprint density at radius 1 is 1.65 bits per heavy atom. The van der Waals surface area contributed by atoms with Gasteiger partial charge in [-0.05, 0) is 6.07 Å². The van der Waals surface area contributed by atoms with Gasteiger partial charge in [0.05, 0.1) is 12.7 Å². The van der Waals surface area contributed by atoms with Crippen molar-refractivity contribution < 1.29 is 19.7 Å². The van der Waals surface area contributed by atoms with Crippen LogP contribution >= 0.6 is 0 Å². The second-order valence-corrected chi connectivity index (χ2v) is 4.16. The van der Waals surface area contributed by atoms with E-state index in [1.807, 2.05) is 6.07 Å². The number of rotatable bonds is 4. The third-order valence-electron chi connectivity index (χ3n) is 3.01. The van der Waals surface area contributed by atoms with Crippen molar-refractivity contribution in [3.63, 3.8) is 0 Å². The molecule has 0 saturated carbocycles. The standard InChI is InChI=1S/C11H12N4O5/c12-3-6-9(18)7(4-16)20-10(6)15-2-1-8(13-5-17)14-11(15)19/h1-2,5-7,9-10,16,18H,4H2,(H,13,14,17,19)/t6-,7+,9-,10+/m0/s1. The zero-order valence-electron chi connectivity index (χ0n) is 10.2. The van der Waals surface area contributed by atoms with Crippen molar-refractivity contribution in [3.8, 4) is 6.07 Å². The van der Waals surface area contributed by atoms with Crippen LogP contribution in [-0.2, 0) is 9.53 Å². The van der Waals surface area contributed by atoms with Crippen LogP contribution in [0.4, 0.5) is 5.82 Å². The summed E-state index contributed by atoms with van der Waals surface area (Å²) in [5, 5.41) is 30.1. The van der Waals surface area contributed by atoms with Gasteiger partial charge in [0.2, 0.25) is 6.41 Å². The molecule has 2 heterocycles. The SMILES string of the molecule is N#C[C@H]1[C@H](O)[C@@H](CO)O[C@H]1n1ccc(NC=O)nc1=O. The number of ether oxygens (including phenoxy) is 1. The van der Waals surface area contributed by atoms with Crippen LogP contribution in [0.5, 0.6) is 0 Å². The van der Waals surface area contributed by atoms with E-state index >= 15 is 0 Å². The van der Waals surface area contributed by atoms with Crippen LogP contribution in [0.2, 0.25) is 0 Å². The Labute approximate surface area is 113 Å². The summed E-state index contributed by atoms with van der Waals surface area (Å²) in [4.78, 5) is 25.7. The molecule has 3 N–H and O–H groups in total. The number of hydrogen-bond donors (Lipinski definition) is 3. The summed E-state index contributed by atoms with van der Waals surface area (Å²) >= 11 is 0. The van der Waals surface area contributed by atoms with Gasteiger partial charge >= 0.3 is 5.69 Å². The fraction of sp³-hybridized carbons (Fsp3) is 0.455. The fourth-order valence-corrected chi connectivity index (χ4v) is 2.02. The molecular formula is C11H12N4O5. The van der Waals surface area contributed by atoms with Crippen molar-refractivity contribution >= 4 is 12.2 Å². The quantitative estimate of drug-likeness (QED) is 0.553. The van der Waals surface area contributed by atoms with Gasteiger partial charge in [-0.3, -0.25) is 9.36 Å². The Morgan fingerprint density at radius 2 is 2.40 bits per heavy atom. The van der Waals surface area contributed by atoms with Crippen LogP contribution in [0.15, 0.2) is 17.1 Å². The van der Waals surface area contributed by atoms with E-state index in [0.29, 0.717) is 6.41 Å². The molecule has 0 bridgehead atoms. The van der Waals surface area contributed by atoms with Gasteiger partial charge in [0, 0.05) is 6.20 Å². The lowest BCUT2D eigenvalue weighted by molar-refractivity contribution is -0.105. The maximum atomic E-state index is 11.8. The molecule has 1 fully saturated rings. The average molecular weight is 280 g/mol. The first-order chi connectivity index (χ1) is 9.62. The highest BCUT2D eigenvalue weighted by atomic mass is 16.5. The van der Waals surface area contributed by atoms with E-state index in [4.69, 9.17) is 15.1 Å². The monoisotopic (exact) mass is 280 g/mol. The summed E-state index contributed by atoms with van der Waals surface area (Å²) in [7, 11) is 0. The molecule has 2 rings (SSSR count). The predicted molar refractivity (Wildman–Crippen MR) is 64.3 cm³/mol. The van der Waals surface area contributed by atoms with E-state index in [-0.39, 0.29) is 5.82 Å². The number of aromatic nitrogens is 2. The molecule has 1 aromatic rings. The summed E-state index contributed by atoms with van der Waals surface area (Å²) in [5.74, 6) is -0.941. The van der Waals surface area contributed by atoms with Crippen LogP contribution in [0.25, 0.3) is 0 Å². The highest BCUT2D eigenvalue weighted by Crippen LogP contribution is 2.33. The van der Waals surface area contributed by atoms with E-state index < -0.39 is 36.7 Å². The number of nitrogens with zero attached hydrogens (tertiary/aromatic N) is 3. The Bertz CT molecular complexity index is 595. The first kappa shape index (κ1) is 14.1. The molecule has 0 radical (unpaired) electrons. The van der Waals surface area contributed by atoms with E-state index in [2.05, 4.69) is 10.3 Å². The zero-order valence-corrected chi connectivity index (χ0v) is 10.2. The second-order valence-electron chi connectivity index (χ2n) is 4.16. The number of anilines is 1. The second kappa shape index (κ2) is 5.79. The van der Waals surface area contributed by atoms with Gasteiger partial charge in [-0.15, -0.1) is 0 Å². The molecule has 0 unspecified atom stereocenters. The minimum Gasteiger partial charge on any atom is -0.394 e. The van der Waals surface area contributed by atoms with Gasteiger partial charge in [0.25, 0.3) is 0 Å². The summed E-state index contributed by atoms with van der Waals surface area (Å²) in [6, 6.07) is 3.20. The Kier molecular flexibility index (Phi) is 4.09. The van der Waals surface area contributed by atoms with E-state index in [0.717, 1.165) is 4.57 Å². The molecule has 0 aliphatic carbocycles. The van der Waals surface area contributed by atoms with Crippen molar-refractivity contribution in [2.45, 2.75) is 18.4 Å². The lowest BCUT2D eigenvalue weighted by Gasteiger charge is -2.16. The number of amides is 1. The molecule has 0 aromatic carbocycles. The van der Waals surface area contributed by atoms with Crippen molar-refractivity contribution in [1.82, 2.24) is 9.55 Å². The van der Waals surface area contributed by atoms with Crippen molar-refractivity contribution in [2.24, 2.45) is 5.92 Å². The number of aliphatic hydroxyl groups is 2. The molecule has 1 aliphatic rings. The lowest BCUT2D eigenvalue weighted by atomic mass is 10.0. The summed E-state index contributed by atoms with van der Waals surface area (Å²) < 4.78 is 6.33. The number of aliphatic hydroxyl groups excluding tert-OH is 2. The lowest BCUT2D eigenvalue weighted by Crippen LogP contribution is -2.31. The Morgan fingerprint density at radius 3 is 2.95 bits per heavy atom. The number of nitrogens with one attached hydrogen (secondary N) is 1. The highest BCUT2D eigenvalue weighted by Gasteiger charge is 2.45. The third-order valence-corrected chi connectivity index (χ3v) is 3.01. The number of carbonyl (C=O) groups excluding carboxylic acids is 1. The molecule has 0 spiro atoms. The molecule has 9 heteroatoms. The minimum atomic E-state index is -1.20. The summed E-state index contributed by atoms with van der Waals surface area (Å²) in [6.07, 6.45) is -1.51. The average Bonchev–Trinajstić information content (AvgIpc) is 2.75. The topological polar surface area (TPSA) is 137 Å². The van der Waals surface area contributed by atoms with Gasteiger partial charge in [0.15, 0.2) is 6.23 Å². The summed E-state index contributed by atoms with van der Waals surface area (Å²) in [6.45, 7) is -0.469. The number of nitriles is 1. The largest absolute Gasteiger partial charge is 0.394 e. The molecule has 1 amide bonds. The molecule has 9 nitrogen and oxygen atoms in total. The van der Waals surface area contributed by atoms with Crippen molar-refractivity contribution in [1.29, 1.82) is 5.26 Å². The molecule has 20 heavy (non-hydrogen) atoms. The zero-order chi connectivity index (χ0) is 14.7. The molecule has 106 valence electrons. The maximum absolute atomic E-state index is 11.8. The van der Waals surface area contributed by atoms with Gasteiger partial charge < -0.3 is 20.3 Å². The molecule has 1 aliphatic heterocycles. The molecule has 1 aromatic heterocycles. The van der Waals surface area contributed by atoms with E-state index in [1.54, 1.807) is 0 Å². The van der Waals surface area contributed by atoms with Crippen LogP contribution in [0, 0.1) is 17.2 Å². The van der Waals surface area contributed by atoms with Gasteiger partial charge in [-0.25, -0.2) is 4.79 Å². The van der Waals surface area contributed by atoms with Gasteiger partial charge in [-0.1, -0.05) is 0 Å². The van der Waals surface area contributed by atoms with E-state index in [9.17, 15) is 14.7 Å². The number of hydrogen-bond acceptors (Lipinski definition) is 7. The normalized spacial score (nSPS) is 28.9. The van der Waals surface area contributed by atoms with Crippen molar-refractivity contribution in [3.05, 3.63) is 22.7 Å². The maximum Gasteiger partial charge on any atom is 0.351 e. The first-order valence-corrected chi connectivity index (χ1v) is 5.75. The predicted octanol–water partition coefficient (Wildman–Crippen LogP) is -1.80. The Balaban J connectivity index is 2.34. The van der Waals surface area contributed by atoms with Crippen LogP contribution < -0.4 is 11.0 Å². The molecule has 4 atom stereocenters. The first-order valence-electron chi connectivity index (χ1n) is 5.75.